The Balaban J connectivity index is 1.78. The summed E-state index contributed by atoms with van der Waals surface area (Å²) < 4.78 is 11.4. The average molecular weight is 418 g/mol. The van der Waals surface area contributed by atoms with Gasteiger partial charge in [-0.25, -0.2) is 4.79 Å². The Morgan fingerprint density at radius 1 is 1.00 bits per heavy atom. The highest BCUT2D eigenvalue weighted by molar-refractivity contribution is 6.03. The minimum absolute atomic E-state index is 0.0610. The van der Waals surface area contributed by atoms with Crippen LogP contribution in [0.1, 0.15) is 23.3 Å². The highest BCUT2D eigenvalue weighted by Gasteiger charge is 2.19. The Hall–Kier alpha value is -3.87. The van der Waals surface area contributed by atoms with Crippen molar-refractivity contribution in [1.29, 1.82) is 0 Å². The van der Waals surface area contributed by atoms with Gasteiger partial charge in [-0.05, 0) is 31.0 Å². The number of hydrogen-bond donors (Lipinski definition) is 1. The van der Waals surface area contributed by atoms with Crippen LogP contribution in [0, 0.1) is 13.8 Å². The number of aryl methyl sites for hydroxylation is 2. The number of hydrogen-bond acceptors (Lipinski definition) is 6. The molecule has 7 nitrogen and oxygen atoms in total. The third-order valence-electron chi connectivity index (χ3n) is 5.32. The van der Waals surface area contributed by atoms with E-state index in [0.717, 1.165) is 22.3 Å². The molecule has 0 unspecified atom stereocenters. The van der Waals surface area contributed by atoms with Crippen molar-refractivity contribution in [2.24, 2.45) is 0 Å². The van der Waals surface area contributed by atoms with Crippen molar-refractivity contribution in [1.82, 2.24) is 5.32 Å². The van der Waals surface area contributed by atoms with Crippen molar-refractivity contribution in [3.63, 3.8) is 0 Å². The fraction of sp³-hybridized carbons (Fsp3) is 0.208. The number of nitrogens with one attached hydrogen (secondary N) is 1. The van der Waals surface area contributed by atoms with E-state index in [1.54, 1.807) is 13.0 Å². The minimum Gasteiger partial charge on any atom is -0.550 e. The van der Waals surface area contributed by atoms with Crippen LogP contribution >= 0.6 is 0 Å². The quantitative estimate of drug-likeness (QED) is 0.482. The molecule has 0 atom stereocenters. The molecule has 158 valence electrons. The Morgan fingerprint density at radius 3 is 2.42 bits per heavy atom. The summed E-state index contributed by atoms with van der Waals surface area (Å²) in [7, 11) is 0. The van der Waals surface area contributed by atoms with E-state index < -0.39 is 17.5 Å². The van der Waals surface area contributed by atoms with Gasteiger partial charge in [-0.3, -0.25) is 4.79 Å². The predicted molar refractivity (Wildman–Crippen MR) is 114 cm³/mol. The van der Waals surface area contributed by atoms with Gasteiger partial charge in [0.2, 0.25) is 5.91 Å². The first kappa shape index (κ1) is 20.4. The molecule has 0 saturated carbocycles. The van der Waals surface area contributed by atoms with Gasteiger partial charge in [0.1, 0.15) is 16.9 Å². The molecule has 2 aromatic heterocycles. The van der Waals surface area contributed by atoms with E-state index >= 15 is 0 Å². The van der Waals surface area contributed by atoms with Gasteiger partial charge < -0.3 is 24.1 Å². The highest BCUT2D eigenvalue weighted by Crippen LogP contribution is 2.37. The SMILES string of the molecule is Cc1oc2cc3oc(=O)c(CC(=O)NCCC(=O)[O-])c(C)c3cc2c1-c1ccccc1. The molecule has 31 heavy (non-hydrogen) atoms. The standard InChI is InChI=1S/C24H21NO6/c1-13-16-10-18-20(30-14(2)23(18)15-6-4-3-5-7-15)12-19(16)31-24(29)17(13)11-21(26)25-9-8-22(27)28/h3-7,10,12H,8-9,11H2,1-2H3,(H,25,26)(H,27,28)/p-1. The third kappa shape index (κ3) is 3.94. The van der Waals surface area contributed by atoms with Crippen molar-refractivity contribution in [2.75, 3.05) is 6.54 Å². The fourth-order valence-corrected chi connectivity index (χ4v) is 3.80. The van der Waals surface area contributed by atoms with Crippen LogP contribution in [0.3, 0.4) is 0 Å². The third-order valence-corrected chi connectivity index (χ3v) is 5.32. The van der Waals surface area contributed by atoms with Crippen molar-refractivity contribution >= 4 is 33.8 Å². The van der Waals surface area contributed by atoms with E-state index in [-0.39, 0.29) is 24.9 Å². The first-order chi connectivity index (χ1) is 14.8. The summed E-state index contributed by atoms with van der Waals surface area (Å²) in [5, 5.41) is 14.6. The van der Waals surface area contributed by atoms with Gasteiger partial charge in [0.05, 0.1) is 12.0 Å². The van der Waals surface area contributed by atoms with Crippen LogP contribution in [0.4, 0.5) is 0 Å². The number of rotatable bonds is 6. The number of carbonyl (C=O) groups excluding carboxylic acids is 2. The van der Waals surface area contributed by atoms with E-state index in [4.69, 9.17) is 8.83 Å². The Labute approximate surface area is 177 Å². The number of benzene rings is 2. The van der Waals surface area contributed by atoms with Gasteiger partial charge in [0.25, 0.3) is 0 Å². The predicted octanol–water partition coefficient (Wildman–Crippen LogP) is 2.62. The summed E-state index contributed by atoms with van der Waals surface area (Å²) in [5.74, 6) is -0.958. The molecule has 0 fully saturated rings. The van der Waals surface area contributed by atoms with Gasteiger partial charge >= 0.3 is 5.63 Å². The topological polar surface area (TPSA) is 113 Å². The summed E-state index contributed by atoms with van der Waals surface area (Å²) in [6, 6.07) is 13.5. The van der Waals surface area contributed by atoms with Crippen LogP contribution < -0.4 is 16.0 Å². The molecule has 1 amide bonds. The number of carboxylic acids is 1. The first-order valence-corrected chi connectivity index (χ1v) is 9.86. The largest absolute Gasteiger partial charge is 0.550 e. The van der Waals surface area contributed by atoms with Crippen LogP contribution in [-0.4, -0.2) is 18.4 Å². The van der Waals surface area contributed by atoms with Gasteiger partial charge in [0, 0.05) is 41.3 Å². The van der Waals surface area contributed by atoms with E-state index in [9.17, 15) is 19.5 Å². The lowest BCUT2D eigenvalue weighted by molar-refractivity contribution is -0.305. The van der Waals surface area contributed by atoms with Gasteiger partial charge in [0.15, 0.2) is 0 Å². The van der Waals surface area contributed by atoms with Crippen molar-refractivity contribution in [3.8, 4) is 11.1 Å². The minimum atomic E-state index is -1.25. The highest BCUT2D eigenvalue weighted by atomic mass is 16.4. The lowest BCUT2D eigenvalue weighted by Gasteiger charge is -2.09. The lowest BCUT2D eigenvalue weighted by Crippen LogP contribution is -2.32. The summed E-state index contributed by atoms with van der Waals surface area (Å²) in [6.07, 6.45) is -0.498. The van der Waals surface area contributed by atoms with Gasteiger partial charge in [-0.1, -0.05) is 30.3 Å². The molecular weight excluding hydrogens is 398 g/mol. The zero-order valence-electron chi connectivity index (χ0n) is 17.1. The second kappa shape index (κ2) is 8.10. The van der Waals surface area contributed by atoms with E-state index in [2.05, 4.69) is 5.32 Å². The van der Waals surface area contributed by atoms with E-state index in [0.29, 0.717) is 22.1 Å². The van der Waals surface area contributed by atoms with Gasteiger partial charge in [-0.15, -0.1) is 0 Å². The molecule has 1 N–H and O–H groups in total. The fourth-order valence-electron chi connectivity index (χ4n) is 3.80. The number of furan rings is 1. The molecule has 0 aliphatic rings. The number of carbonyl (C=O) groups is 2. The van der Waals surface area contributed by atoms with Crippen LogP contribution in [0.15, 0.2) is 56.1 Å². The smallest absolute Gasteiger partial charge is 0.340 e. The number of aliphatic carboxylic acids is 1. The van der Waals surface area contributed by atoms with Crippen LogP contribution in [-0.2, 0) is 16.0 Å². The molecule has 7 heteroatoms. The normalized spacial score (nSPS) is 11.2. The Kier molecular flexibility index (Phi) is 5.33. The molecule has 0 aliphatic carbocycles. The number of fused-ring (bicyclic) bond motifs is 2. The molecule has 2 heterocycles. The van der Waals surface area contributed by atoms with Crippen LogP contribution in [0.2, 0.25) is 0 Å². The maximum atomic E-state index is 12.5. The van der Waals surface area contributed by atoms with Crippen molar-refractivity contribution in [2.45, 2.75) is 26.7 Å². The van der Waals surface area contributed by atoms with E-state index in [1.807, 2.05) is 43.3 Å². The summed E-state index contributed by atoms with van der Waals surface area (Å²) >= 11 is 0. The summed E-state index contributed by atoms with van der Waals surface area (Å²) in [5.41, 5.74) is 3.24. The molecule has 0 saturated heterocycles. The van der Waals surface area contributed by atoms with Crippen LogP contribution in [0.25, 0.3) is 33.1 Å². The maximum absolute atomic E-state index is 12.5. The molecule has 2 aromatic carbocycles. The van der Waals surface area contributed by atoms with Crippen molar-refractivity contribution in [3.05, 3.63) is 69.8 Å². The average Bonchev–Trinajstić information content (AvgIpc) is 3.05. The zero-order valence-corrected chi connectivity index (χ0v) is 17.1. The Bertz CT molecular complexity index is 1360. The van der Waals surface area contributed by atoms with E-state index in [1.165, 1.54) is 0 Å². The first-order valence-electron chi connectivity index (χ1n) is 9.86. The monoisotopic (exact) mass is 418 g/mol. The summed E-state index contributed by atoms with van der Waals surface area (Å²) in [6.45, 7) is 3.59. The molecule has 0 spiro atoms. The lowest BCUT2D eigenvalue weighted by atomic mass is 9.98. The molecule has 0 radical (unpaired) electrons. The zero-order chi connectivity index (χ0) is 22.1. The molecule has 4 aromatic rings. The molecule has 4 rings (SSSR count). The number of amides is 1. The molecular formula is C24H20NO6-. The van der Waals surface area contributed by atoms with Crippen molar-refractivity contribution < 1.29 is 23.5 Å². The van der Waals surface area contributed by atoms with Gasteiger partial charge in [-0.2, -0.15) is 0 Å². The second-order valence-corrected chi connectivity index (χ2v) is 7.39. The number of carboxylic acid groups (broad SMARTS) is 1. The Morgan fingerprint density at radius 2 is 1.71 bits per heavy atom. The molecule has 0 aliphatic heterocycles. The molecule has 0 bridgehead atoms. The maximum Gasteiger partial charge on any atom is 0.340 e. The summed E-state index contributed by atoms with van der Waals surface area (Å²) in [4.78, 5) is 35.2. The van der Waals surface area contributed by atoms with Crippen LogP contribution in [0.5, 0.6) is 0 Å². The second-order valence-electron chi connectivity index (χ2n) is 7.39.